The molecule has 0 bridgehead atoms. The van der Waals surface area contributed by atoms with Crippen molar-refractivity contribution >= 4 is 11.8 Å². The Balaban J connectivity index is 1.26. The predicted octanol–water partition coefficient (Wildman–Crippen LogP) is 3.86. The van der Waals surface area contributed by atoms with Crippen LogP contribution in [0.3, 0.4) is 0 Å². The lowest BCUT2D eigenvalue weighted by Gasteiger charge is -2.30. The van der Waals surface area contributed by atoms with E-state index in [9.17, 15) is 9.59 Å². The summed E-state index contributed by atoms with van der Waals surface area (Å²) in [6, 6.07) is 8.34. The lowest BCUT2D eigenvalue weighted by Crippen LogP contribution is -2.47. The summed E-state index contributed by atoms with van der Waals surface area (Å²) in [7, 11) is 0. The molecular formula is C25H37N3O2. The van der Waals surface area contributed by atoms with Crippen LogP contribution in [0.15, 0.2) is 24.3 Å². The molecule has 2 aliphatic heterocycles. The van der Waals surface area contributed by atoms with Crippen LogP contribution >= 0.6 is 0 Å². The van der Waals surface area contributed by atoms with E-state index in [2.05, 4.69) is 34.5 Å². The average Bonchev–Trinajstić information content (AvgIpc) is 3.29. The van der Waals surface area contributed by atoms with Gasteiger partial charge in [0.25, 0.3) is 0 Å². The zero-order valence-electron chi connectivity index (χ0n) is 18.3. The summed E-state index contributed by atoms with van der Waals surface area (Å²) in [5, 5.41) is 3.09. The molecule has 0 aromatic heterocycles. The van der Waals surface area contributed by atoms with Crippen molar-refractivity contribution in [3.05, 3.63) is 35.4 Å². The Labute approximate surface area is 181 Å². The third kappa shape index (κ3) is 5.42. The first kappa shape index (κ1) is 21.4. The van der Waals surface area contributed by atoms with Gasteiger partial charge in [0.1, 0.15) is 6.04 Å². The van der Waals surface area contributed by atoms with Crippen molar-refractivity contribution in [2.75, 3.05) is 19.6 Å². The van der Waals surface area contributed by atoms with Crippen molar-refractivity contribution in [3.8, 4) is 0 Å². The lowest BCUT2D eigenvalue weighted by molar-refractivity contribution is -0.142. The van der Waals surface area contributed by atoms with Crippen molar-refractivity contribution in [2.45, 2.75) is 83.3 Å². The number of amides is 2. The molecule has 30 heavy (non-hydrogen) atoms. The fourth-order valence-electron chi connectivity index (χ4n) is 5.33. The van der Waals surface area contributed by atoms with E-state index >= 15 is 0 Å². The predicted molar refractivity (Wildman–Crippen MR) is 119 cm³/mol. The van der Waals surface area contributed by atoms with Crippen molar-refractivity contribution in [2.24, 2.45) is 5.92 Å². The van der Waals surface area contributed by atoms with E-state index in [0.29, 0.717) is 6.54 Å². The molecule has 1 saturated carbocycles. The SMILES string of the molecule is O=C(NCc1ccc(CN2CCCCC2)cc1)C1CCCN1C(=O)C1CCCCC1. The molecular weight excluding hydrogens is 374 g/mol. The van der Waals surface area contributed by atoms with Gasteiger partial charge >= 0.3 is 0 Å². The van der Waals surface area contributed by atoms with Gasteiger partial charge in [-0.15, -0.1) is 0 Å². The van der Waals surface area contributed by atoms with Crippen LogP contribution in [0.1, 0.15) is 75.3 Å². The number of hydrogen-bond acceptors (Lipinski definition) is 3. The molecule has 5 heteroatoms. The van der Waals surface area contributed by atoms with Crippen LogP contribution in [0.2, 0.25) is 0 Å². The molecule has 1 N–H and O–H groups in total. The van der Waals surface area contributed by atoms with E-state index in [1.165, 1.54) is 44.3 Å². The van der Waals surface area contributed by atoms with E-state index in [-0.39, 0.29) is 23.8 Å². The number of benzene rings is 1. The molecule has 2 amide bonds. The molecule has 1 aliphatic carbocycles. The van der Waals surface area contributed by atoms with E-state index in [0.717, 1.165) is 57.2 Å². The largest absolute Gasteiger partial charge is 0.350 e. The molecule has 1 aromatic rings. The van der Waals surface area contributed by atoms with Crippen LogP contribution in [-0.2, 0) is 22.7 Å². The monoisotopic (exact) mass is 411 g/mol. The van der Waals surface area contributed by atoms with Crippen molar-refractivity contribution in [1.82, 2.24) is 15.1 Å². The minimum atomic E-state index is -0.280. The van der Waals surface area contributed by atoms with Crippen molar-refractivity contribution in [1.29, 1.82) is 0 Å². The number of likely N-dealkylation sites (tertiary alicyclic amines) is 2. The number of hydrogen-bond donors (Lipinski definition) is 1. The summed E-state index contributed by atoms with van der Waals surface area (Å²) in [4.78, 5) is 30.2. The van der Waals surface area contributed by atoms with Crippen LogP contribution in [0.25, 0.3) is 0 Å². The standard InChI is InChI=1S/C25H37N3O2/c29-24(23-10-7-17-28(23)25(30)22-8-3-1-4-9-22)26-18-20-11-13-21(14-12-20)19-27-15-5-2-6-16-27/h11-14,22-23H,1-10,15-19H2,(H,26,29). The number of rotatable bonds is 6. The van der Waals surface area contributed by atoms with Crippen LogP contribution < -0.4 is 5.32 Å². The van der Waals surface area contributed by atoms with Crippen LogP contribution in [0.5, 0.6) is 0 Å². The summed E-state index contributed by atoms with van der Waals surface area (Å²) in [6.07, 6.45) is 11.2. The van der Waals surface area contributed by atoms with Gasteiger partial charge in [-0.1, -0.05) is 49.9 Å². The summed E-state index contributed by atoms with van der Waals surface area (Å²) in [5.41, 5.74) is 2.46. The van der Waals surface area contributed by atoms with Gasteiger partial charge < -0.3 is 10.2 Å². The van der Waals surface area contributed by atoms with Gasteiger partial charge in [0, 0.05) is 25.6 Å². The Hall–Kier alpha value is -1.88. The number of nitrogens with zero attached hydrogens (tertiary/aromatic N) is 2. The maximum atomic E-state index is 12.9. The molecule has 1 aromatic carbocycles. The van der Waals surface area contributed by atoms with Crippen LogP contribution in [0.4, 0.5) is 0 Å². The number of carbonyl (C=O) groups is 2. The number of piperidine rings is 1. The molecule has 0 radical (unpaired) electrons. The maximum absolute atomic E-state index is 12.9. The highest BCUT2D eigenvalue weighted by molar-refractivity contribution is 5.89. The highest BCUT2D eigenvalue weighted by Gasteiger charge is 2.37. The Morgan fingerprint density at radius 2 is 1.47 bits per heavy atom. The summed E-state index contributed by atoms with van der Waals surface area (Å²) in [6.45, 7) is 4.70. The highest BCUT2D eigenvalue weighted by atomic mass is 16.2. The zero-order valence-corrected chi connectivity index (χ0v) is 18.3. The van der Waals surface area contributed by atoms with E-state index in [1.54, 1.807) is 0 Å². The Morgan fingerprint density at radius 1 is 0.800 bits per heavy atom. The first-order chi connectivity index (χ1) is 14.7. The average molecular weight is 412 g/mol. The Morgan fingerprint density at radius 3 is 2.20 bits per heavy atom. The first-order valence-corrected chi connectivity index (χ1v) is 12.1. The third-order valence-corrected chi connectivity index (χ3v) is 7.14. The topological polar surface area (TPSA) is 52.7 Å². The van der Waals surface area contributed by atoms with Crippen LogP contribution in [0, 0.1) is 5.92 Å². The Bertz CT molecular complexity index is 706. The zero-order chi connectivity index (χ0) is 20.8. The molecule has 5 nitrogen and oxygen atoms in total. The van der Waals surface area contributed by atoms with E-state index in [1.807, 2.05) is 4.90 Å². The molecule has 3 aliphatic rings. The van der Waals surface area contributed by atoms with Crippen molar-refractivity contribution in [3.63, 3.8) is 0 Å². The smallest absolute Gasteiger partial charge is 0.243 e. The van der Waals surface area contributed by atoms with Gasteiger partial charge in [0.05, 0.1) is 0 Å². The van der Waals surface area contributed by atoms with Gasteiger partial charge in [0.15, 0.2) is 0 Å². The molecule has 4 rings (SSSR count). The minimum Gasteiger partial charge on any atom is -0.350 e. The van der Waals surface area contributed by atoms with Gasteiger partial charge in [-0.3, -0.25) is 14.5 Å². The second-order valence-electron chi connectivity index (χ2n) is 9.40. The summed E-state index contributed by atoms with van der Waals surface area (Å²) < 4.78 is 0. The third-order valence-electron chi connectivity index (χ3n) is 7.14. The molecule has 2 heterocycles. The van der Waals surface area contributed by atoms with Crippen molar-refractivity contribution < 1.29 is 9.59 Å². The lowest BCUT2D eigenvalue weighted by atomic mass is 9.88. The molecule has 164 valence electrons. The van der Waals surface area contributed by atoms with Gasteiger partial charge in [0.2, 0.25) is 11.8 Å². The number of carbonyl (C=O) groups excluding carboxylic acids is 2. The molecule has 3 fully saturated rings. The van der Waals surface area contributed by atoms with Gasteiger partial charge in [-0.25, -0.2) is 0 Å². The minimum absolute atomic E-state index is 0.00838. The normalized spacial score (nSPS) is 23.5. The van der Waals surface area contributed by atoms with Crippen LogP contribution in [-0.4, -0.2) is 47.3 Å². The summed E-state index contributed by atoms with van der Waals surface area (Å²) in [5.74, 6) is 0.364. The maximum Gasteiger partial charge on any atom is 0.243 e. The molecule has 2 saturated heterocycles. The molecule has 1 unspecified atom stereocenters. The van der Waals surface area contributed by atoms with Gasteiger partial charge in [-0.2, -0.15) is 0 Å². The second kappa shape index (κ2) is 10.4. The van der Waals surface area contributed by atoms with Gasteiger partial charge in [-0.05, 0) is 62.7 Å². The highest BCUT2D eigenvalue weighted by Crippen LogP contribution is 2.29. The summed E-state index contributed by atoms with van der Waals surface area (Å²) >= 11 is 0. The second-order valence-corrected chi connectivity index (χ2v) is 9.40. The molecule has 0 spiro atoms. The molecule has 1 atom stereocenters. The van der Waals surface area contributed by atoms with E-state index < -0.39 is 0 Å². The van der Waals surface area contributed by atoms with E-state index in [4.69, 9.17) is 0 Å². The number of nitrogens with one attached hydrogen (secondary N) is 1. The fourth-order valence-corrected chi connectivity index (χ4v) is 5.33. The fraction of sp³-hybridized carbons (Fsp3) is 0.680. The quantitative estimate of drug-likeness (QED) is 0.773. The Kier molecular flexibility index (Phi) is 7.42. The first-order valence-electron chi connectivity index (χ1n) is 12.1.